The van der Waals surface area contributed by atoms with Gasteiger partial charge in [0.15, 0.2) is 0 Å². The van der Waals surface area contributed by atoms with E-state index in [1.807, 2.05) is 37.8 Å². The maximum atomic E-state index is 12.3. The van der Waals surface area contributed by atoms with Gasteiger partial charge in [0.2, 0.25) is 5.91 Å². The molecular formula is C19H26N4O. The number of carbonyl (C=O) groups excluding carboxylic acids is 1. The lowest BCUT2D eigenvalue weighted by Gasteiger charge is -2.31. The molecule has 5 nitrogen and oxygen atoms in total. The minimum atomic E-state index is 0.0803. The van der Waals surface area contributed by atoms with E-state index < -0.39 is 0 Å². The van der Waals surface area contributed by atoms with Crippen LogP contribution in [0.25, 0.3) is 0 Å². The van der Waals surface area contributed by atoms with E-state index in [1.165, 1.54) is 5.56 Å². The van der Waals surface area contributed by atoms with E-state index in [2.05, 4.69) is 32.8 Å². The summed E-state index contributed by atoms with van der Waals surface area (Å²) in [4.78, 5) is 18.7. The summed E-state index contributed by atoms with van der Waals surface area (Å²) in [7, 11) is 0. The summed E-state index contributed by atoms with van der Waals surface area (Å²) in [6, 6.07) is 6.02. The van der Waals surface area contributed by atoms with Crippen LogP contribution in [0.2, 0.25) is 0 Å². The molecular weight excluding hydrogens is 300 g/mol. The third-order valence-corrected chi connectivity index (χ3v) is 4.98. The maximum Gasteiger partial charge on any atom is 0.238 e. The first-order chi connectivity index (χ1) is 11.6. The van der Waals surface area contributed by atoms with Crippen molar-refractivity contribution in [3.05, 3.63) is 48.0 Å². The Balaban J connectivity index is 1.45. The molecule has 1 aromatic carbocycles. The van der Waals surface area contributed by atoms with Crippen molar-refractivity contribution in [1.82, 2.24) is 14.5 Å². The van der Waals surface area contributed by atoms with Crippen molar-refractivity contribution < 1.29 is 4.79 Å². The molecule has 1 aliphatic rings. The molecule has 0 atom stereocenters. The fourth-order valence-electron chi connectivity index (χ4n) is 3.30. The van der Waals surface area contributed by atoms with Gasteiger partial charge in [-0.3, -0.25) is 9.69 Å². The lowest BCUT2D eigenvalue weighted by atomic mass is 9.97. The summed E-state index contributed by atoms with van der Waals surface area (Å²) in [6.07, 6.45) is 7.99. The molecule has 128 valence electrons. The Hall–Kier alpha value is -2.14. The van der Waals surface area contributed by atoms with Gasteiger partial charge in [-0.15, -0.1) is 0 Å². The van der Waals surface area contributed by atoms with Crippen LogP contribution in [-0.2, 0) is 11.3 Å². The first-order valence-corrected chi connectivity index (χ1v) is 8.66. The molecule has 0 spiro atoms. The molecule has 2 heterocycles. The van der Waals surface area contributed by atoms with Gasteiger partial charge in [-0.2, -0.15) is 0 Å². The Morgan fingerprint density at radius 3 is 2.79 bits per heavy atom. The van der Waals surface area contributed by atoms with Crippen LogP contribution >= 0.6 is 0 Å². The SMILES string of the molecule is Cc1cccc(NC(=O)CN2CCC(Cn3ccnc3)CC2)c1C. The van der Waals surface area contributed by atoms with Crippen LogP contribution in [0.3, 0.4) is 0 Å². The van der Waals surface area contributed by atoms with Crippen LogP contribution in [0.4, 0.5) is 5.69 Å². The largest absolute Gasteiger partial charge is 0.337 e. The minimum Gasteiger partial charge on any atom is -0.337 e. The average Bonchev–Trinajstić information content (AvgIpc) is 3.07. The number of carbonyl (C=O) groups is 1. The van der Waals surface area contributed by atoms with Crippen LogP contribution in [0.1, 0.15) is 24.0 Å². The Kier molecular flexibility index (Phi) is 5.30. The van der Waals surface area contributed by atoms with Crippen LogP contribution in [0, 0.1) is 19.8 Å². The Labute approximate surface area is 143 Å². The van der Waals surface area contributed by atoms with Crippen LogP contribution in [0.15, 0.2) is 36.9 Å². The number of aryl methyl sites for hydroxylation is 1. The van der Waals surface area contributed by atoms with E-state index in [0.29, 0.717) is 12.5 Å². The van der Waals surface area contributed by atoms with Crippen molar-refractivity contribution in [3.8, 4) is 0 Å². The fourth-order valence-corrected chi connectivity index (χ4v) is 3.30. The number of piperidine rings is 1. The van der Waals surface area contributed by atoms with Gasteiger partial charge in [0.05, 0.1) is 12.9 Å². The van der Waals surface area contributed by atoms with Gasteiger partial charge in [-0.25, -0.2) is 4.98 Å². The zero-order valence-electron chi connectivity index (χ0n) is 14.5. The number of benzene rings is 1. The van der Waals surface area contributed by atoms with Crippen LogP contribution in [-0.4, -0.2) is 40.0 Å². The lowest BCUT2D eigenvalue weighted by molar-refractivity contribution is -0.117. The predicted molar refractivity (Wildman–Crippen MR) is 95.9 cm³/mol. The second-order valence-corrected chi connectivity index (χ2v) is 6.77. The van der Waals surface area contributed by atoms with Crippen molar-refractivity contribution in [2.75, 3.05) is 25.0 Å². The topological polar surface area (TPSA) is 50.2 Å². The number of hydrogen-bond acceptors (Lipinski definition) is 3. The van der Waals surface area contributed by atoms with Crippen molar-refractivity contribution in [2.24, 2.45) is 5.92 Å². The van der Waals surface area contributed by atoms with Gasteiger partial charge < -0.3 is 9.88 Å². The highest BCUT2D eigenvalue weighted by Gasteiger charge is 2.21. The van der Waals surface area contributed by atoms with E-state index in [0.717, 1.165) is 43.7 Å². The molecule has 1 saturated heterocycles. The molecule has 0 radical (unpaired) electrons. The maximum absolute atomic E-state index is 12.3. The molecule has 1 N–H and O–H groups in total. The first-order valence-electron chi connectivity index (χ1n) is 8.66. The van der Waals surface area contributed by atoms with Gasteiger partial charge >= 0.3 is 0 Å². The molecule has 5 heteroatoms. The summed E-state index contributed by atoms with van der Waals surface area (Å²) in [6.45, 7) is 7.59. The Morgan fingerprint density at radius 2 is 2.08 bits per heavy atom. The smallest absolute Gasteiger partial charge is 0.238 e. The minimum absolute atomic E-state index is 0.0803. The molecule has 0 unspecified atom stereocenters. The third-order valence-electron chi connectivity index (χ3n) is 4.98. The lowest BCUT2D eigenvalue weighted by Crippen LogP contribution is -2.40. The number of anilines is 1. The van der Waals surface area contributed by atoms with E-state index in [4.69, 9.17) is 0 Å². The third kappa shape index (κ3) is 4.23. The molecule has 2 aromatic rings. The number of likely N-dealkylation sites (tertiary alicyclic amines) is 1. The Bertz CT molecular complexity index is 673. The molecule has 24 heavy (non-hydrogen) atoms. The first kappa shape index (κ1) is 16.7. The van der Waals surface area contributed by atoms with Crippen LogP contribution in [0.5, 0.6) is 0 Å². The zero-order chi connectivity index (χ0) is 16.9. The number of amides is 1. The molecule has 0 saturated carbocycles. The van der Waals surface area contributed by atoms with Gasteiger partial charge in [0, 0.05) is 24.6 Å². The van der Waals surface area contributed by atoms with E-state index in [1.54, 1.807) is 0 Å². The van der Waals surface area contributed by atoms with E-state index in [-0.39, 0.29) is 5.91 Å². The average molecular weight is 326 g/mol. The Morgan fingerprint density at radius 1 is 1.29 bits per heavy atom. The summed E-state index contributed by atoms with van der Waals surface area (Å²) in [5.74, 6) is 0.759. The van der Waals surface area contributed by atoms with Gasteiger partial charge in [-0.05, 0) is 62.9 Å². The van der Waals surface area contributed by atoms with Gasteiger partial charge in [0.1, 0.15) is 0 Å². The van der Waals surface area contributed by atoms with Gasteiger partial charge in [-0.1, -0.05) is 12.1 Å². The molecule has 1 fully saturated rings. The molecule has 1 aromatic heterocycles. The highest BCUT2D eigenvalue weighted by Crippen LogP contribution is 2.20. The number of hydrogen-bond donors (Lipinski definition) is 1. The fraction of sp³-hybridized carbons (Fsp3) is 0.474. The summed E-state index contributed by atoms with van der Waals surface area (Å²) in [5, 5.41) is 3.05. The normalized spacial score (nSPS) is 16.2. The summed E-state index contributed by atoms with van der Waals surface area (Å²) in [5.41, 5.74) is 3.27. The number of nitrogens with zero attached hydrogens (tertiary/aromatic N) is 3. The molecule has 3 rings (SSSR count). The predicted octanol–water partition coefficient (Wildman–Crippen LogP) is 2.85. The monoisotopic (exact) mass is 326 g/mol. The number of nitrogens with one attached hydrogen (secondary N) is 1. The molecule has 1 aliphatic heterocycles. The standard InChI is InChI=1S/C19H26N4O/c1-15-4-3-5-18(16(15)2)21-19(24)13-22-9-6-17(7-10-22)12-23-11-8-20-14-23/h3-5,8,11,14,17H,6-7,9-10,12-13H2,1-2H3,(H,21,24). The highest BCUT2D eigenvalue weighted by atomic mass is 16.2. The summed E-state index contributed by atoms with van der Waals surface area (Å²) < 4.78 is 2.15. The summed E-state index contributed by atoms with van der Waals surface area (Å²) >= 11 is 0. The number of rotatable bonds is 5. The van der Waals surface area contributed by atoms with Crippen molar-refractivity contribution in [3.63, 3.8) is 0 Å². The molecule has 1 amide bonds. The second kappa shape index (κ2) is 7.62. The van der Waals surface area contributed by atoms with Crippen molar-refractivity contribution in [2.45, 2.75) is 33.2 Å². The zero-order valence-corrected chi connectivity index (χ0v) is 14.5. The molecule has 0 aliphatic carbocycles. The van der Waals surface area contributed by atoms with Crippen LogP contribution < -0.4 is 5.32 Å². The molecule has 0 bridgehead atoms. The number of imidazole rings is 1. The number of aromatic nitrogens is 2. The van der Waals surface area contributed by atoms with Crippen molar-refractivity contribution in [1.29, 1.82) is 0 Å². The van der Waals surface area contributed by atoms with Gasteiger partial charge in [0.25, 0.3) is 0 Å². The van der Waals surface area contributed by atoms with E-state index in [9.17, 15) is 4.79 Å². The van der Waals surface area contributed by atoms with Crippen molar-refractivity contribution >= 4 is 11.6 Å². The second-order valence-electron chi connectivity index (χ2n) is 6.77. The highest BCUT2D eigenvalue weighted by molar-refractivity contribution is 5.93. The quantitative estimate of drug-likeness (QED) is 0.919. The van der Waals surface area contributed by atoms with E-state index >= 15 is 0 Å².